The van der Waals surface area contributed by atoms with Gasteiger partial charge in [-0.1, -0.05) is 48.5 Å². The fourth-order valence-corrected chi connectivity index (χ4v) is 5.54. The molecule has 6 heteroatoms. The molecule has 0 spiro atoms. The number of hydrogen-bond donors (Lipinski definition) is 0. The Balaban J connectivity index is 2.20. The first kappa shape index (κ1) is 22.1. The molecule has 0 aromatic heterocycles. The third-order valence-corrected chi connectivity index (χ3v) is 6.99. The van der Waals surface area contributed by atoms with Crippen LogP contribution in [0.2, 0.25) is 0 Å². The highest BCUT2D eigenvalue weighted by molar-refractivity contribution is 6.42. The van der Waals surface area contributed by atoms with E-state index in [-0.39, 0.29) is 33.8 Å². The largest absolute Gasteiger partial charge is 0.262 e. The Labute approximate surface area is 216 Å². The molecule has 0 amide bonds. The molecule has 0 bridgehead atoms. The number of fused-ring (bicyclic) bond motifs is 11. The van der Waals surface area contributed by atoms with Crippen molar-refractivity contribution in [3.8, 4) is 18.2 Å². The van der Waals surface area contributed by atoms with Crippen LogP contribution in [0.1, 0.15) is 16.7 Å². The Morgan fingerprint density at radius 1 is 0.474 bits per heavy atom. The quantitative estimate of drug-likeness (QED) is 0.162. The molecule has 0 saturated carbocycles. The molecule has 38 heavy (non-hydrogen) atoms. The van der Waals surface area contributed by atoms with Crippen LogP contribution < -0.4 is 0 Å². The molecule has 0 fully saturated rings. The van der Waals surface area contributed by atoms with Crippen molar-refractivity contribution < 1.29 is 0 Å². The second kappa shape index (κ2) is 8.06. The minimum absolute atomic E-state index is 0.00444. The second-order valence-corrected chi connectivity index (χ2v) is 8.63. The van der Waals surface area contributed by atoms with Crippen molar-refractivity contribution in [2.24, 2.45) is 0 Å². The van der Waals surface area contributed by atoms with E-state index < -0.39 is 0 Å². The van der Waals surface area contributed by atoms with Crippen molar-refractivity contribution >= 4 is 70.9 Å². The lowest BCUT2D eigenvalue weighted by Gasteiger charge is -2.19. The maximum absolute atomic E-state index is 10.3. The number of nitriles is 3. The SMILES string of the molecule is [C-]#[N+]c1c([N+]#[C-])c([N+]#[C-])c2c(c1C#N)c1cc(C#N)c(C#N)cc1c1c3ccccc3c3ccccc3c21. The molecule has 0 unspecified atom stereocenters. The van der Waals surface area contributed by atoms with Gasteiger partial charge in [0, 0.05) is 0 Å². The van der Waals surface area contributed by atoms with Gasteiger partial charge in [0.25, 0.3) is 0 Å². The summed E-state index contributed by atoms with van der Waals surface area (Å²) in [5.74, 6) is 0. The van der Waals surface area contributed by atoms with Gasteiger partial charge in [-0.25, -0.2) is 0 Å². The Morgan fingerprint density at radius 2 is 0.947 bits per heavy atom. The van der Waals surface area contributed by atoms with Gasteiger partial charge in [0.05, 0.1) is 42.5 Å². The standard InChI is InChI=1S/C32H10N6/c1-36-30-25(16-35)27-24-13-18(15-34)17(14-33)12-23(24)26-21-10-6-4-8-19(21)20-9-5-7-11-22(20)28(26)29(27)31(37-2)32(30)38-3/h4-13H. The topological polar surface area (TPSA) is 84.5 Å². The van der Waals surface area contributed by atoms with Crippen LogP contribution in [-0.4, -0.2) is 0 Å². The van der Waals surface area contributed by atoms with Crippen molar-refractivity contribution in [3.05, 3.63) is 112 Å². The summed E-state index contributed by atoms with van der Waals surface area (Å²) in [4.78, 5) is 10.8. The number of nitrogens with zero attached hydrogens (tertiary/aromatic N) is 6. The van der Waals surface area contributed by atoms with Crippen LogP contribution in [0.15, 0.2) is 60.7 Å². The molecule has 0 aliphatic carbocycles. The summed E-state index contributed by atoms with van der Waals surface area (Å²) >= 11 is 0. The minimum atomic E-state index is -0.186. The summed E-state index contributed by atoms with van der Waals surface area (Å²) in [5.41, 5.74) is -0.0652. The first-order valence-corrected chi connectivity index (χ1v) is 11.3. The summed E-state index contributed by atoms with van der Waals surface area (Å²) in [5, 5.41) is 36.8. The second-order valence-electron chi connectivity index (χ2n) is 8.63. The zero-order valence-corrected chi connectivity index (χ0v) is 19.5. The van der Waals surface area contributed by atoms with Crippen LogP contribution in [0.3, 0.4) is 0 Å². The number of hydrogen-bond acceptors (Lipinski definition) is 3. The highest BCUT2D eigenvalue weighted by Gasteiger charge is 2.26. The van der Waals surface area contributed by atoms with E-state index in [1.54, 1.807) is 12.1 Å². The lowest BCUT2D eigenvalue weighted by atomic mass is 9.83. The van der Waals surface area contributed by atoms with Crippen molar-refractivity contribution in [3.63, 3.8) is 0 Å². The molecular weight excluding hydrogens is 468 g/mol. The molecular formula is C32H10N6. The maximum atomic E-state index is 10.3. The van der Waals surface area contributed by atoms with Crippen LogP contribution in [-0.2, 0) is 0 Å². The minimum Gasteiger partial charge on any atom is -0.262 e. The number of benzene rings is 6. The summed E-state index contributed by atoms with van der Waals surface area (Å²) in [6.07, 6.45) is 0. The molecule has 6 aromatic carbocycles. The lowest BCUT2D eigenvalue weighted by Crippen LogP contribution is -1.94. The molecule has 0 atom stereocenters. The van der Waals surface area contributed by atoms with E-state index in [0.717, 1.165) is 26.9 Å². The average molecular weight is 478 g/mol. The Hall–Kier alpha value is -6.44. The van der Waals surface area contributed by atoms with Crippen LogP contribution in [0, 0.1) is 53.7 Å². The van der Waals surface area contributed by atoms with Gasteiger partial charge in [-0.15, -0.1) is 0 Å². The average Bonchev–Trinajstić information content (AvgIpc) is 2.98. The first-order chi connectivity index (χ1) is 18.6. The van der Waals surface area contributed by atoms with Crippen LogP contribution in [0.4, 0.5) is 17.1 Å². The molecule has 6 nitrogen and oxygen atoms in total. The van der Waals surface area contributed by atoms with E-state index in [0.29, 0.717) is 26.9 Å². The molecule has 6 aromatic rings. The summed E-state index contributed by atoms with van der Waals surface area (Å²) in [6.45, 7) is 23.6. The van der Waals surface area contributed by atoms with Gasteiger partial charge < -0.3 is 0 Å². The van der Waals surface area contributed by atoms with Gasteiger partial charge in [0.15, 0.2) is 5.69 Å². The fraction of sp³-hybridized carbons (Fsp3) is 0. The monoisotopic (exact) mass is 478 g/mol. The highest BCUT2D eigenvalue weighted by Crippen LogP contribution is 2.54. The molecule has 0 radical (unpaired) electrons. The number of rotatable bonds is 0. The normalized spacial score (nSPS) is 10.5. The van der Waals surface area contributed by atoms with Crippen LogP contribution in [0.5, 0.6) is 0 Å². The van der Waals surface area contributed by atoms with Gasteiger partial charge in [0.2, 0.25) is 11.4 Å². The van der Waals surface area contributed by atoms with Gasteiger partial charge in [-0.3, -0.25) is 14.5 Å². The molecule has 6 rings (SSSR count). The molecule has 0 aliphatic rings. The Bertz CT molecular complexity index is 2360. The predicted molar refractivity (Wildman–Crippen MR) is 147 cm³/mol. The van der Waals surface area contributed by atoms with E-state index in [2.05, 4.69) is 32.7 Å². The Kier molecular flexibility index (Phi) is 4.68. The van der Waals surface area contributed by atoms with Crippen molar-refractivity contribution in [1.82, 2.24) is 0 Å². The molecule has 0 heterocycles. The van der Waals surface area contributed by atoms with Crippen molar-refractivity contribution in [2.45, 2.75) is 0 Å². The summed E-state index contributed by atoms with van der Waals surface area (Å²) < 4.78 is 0. The van der Waals surface area contributed by atoms with Crippen LogP contribution >= 0.6 is 0 Å². The smallest absolute Gasteiger partial charge is 0.202 e. The molecule has 0 N–H and O–H groups in total. The highest BCUT2D eigenvalue weighted by atomic mass is 14.8. The summed E-state index contributed by atoms with van der Waals surface area (Å²) in [6, 6.07) is 25.0. The zero-order valence-electron chi connectivity index (χ0n) is 19.5. The van der Waals surface area contributed by atoms with E-state index in [4.69, 9.17) is 19.7 Å². The van der Waals surface area contributed by atoms with Crippen molar-refractivity contribution in [2.75, 3.05) is 0 Å². The van der Waals surface area contributed by atoms with E-state index >= 15 is 0 Å². The van der Waals surface area contributed by atoms with Gasteiger partial charge >= 0.3 is 0 Å². The maximum Gasteiger partial charge on any atom is 0.202 e. The Morgan fingerprint density at radius 3 is 1.42 bits per heavy atom. The lowest BCUT2D eigenvalue weighted by molar-refractivity contribution is 1.45. The van der Waals surface area contributed by atoms with Gasteiger partial charge in [-0.05, 0) is 66.0 Å². The third kappa shape index (κ3) is 2.64. The zero-order chi connectivity index (χ0) is 26.6. The van der Waals surface area contributed by atoms with Crippen molar-refractivity contribution in [1.29, 1.82) is 15.8 Å². The van der Waals surface area contributed by atoms with E-state index in [1.165, 1.54) is 0 Å². The van der Waals surface area contributed by atoms with Gasteiger partial charge in [0.1, 0.15) is 12.1 Å². The molecule has 0 saturated heterocycles. The predicted octanol–water partition coefficient (Wildman–Crippen LogP) is 8.72. The fourth-order valence-electron chi connectivity index (χ4n) is 5.54. The van der Waals surface area contributed by atoms with E-state index in [9.17, 15) is 15.8 Å². The first-order valence-electron chi connectivity index (χ1n) is 11.3. The molecule has 168 valence electrons. The molecule has 0 aliphatic heterocycles. The summed E-state index contributed by atoms with van der Waals surface area (Å²) in [7, 11) is 0. The third-order valence-electron chi connectivity index (χ3n) is 6.99. The van der Waals surface area contributed by atoms with Gasteiger partial charge in [-0.2, -0.15) is 15.8 Å². The van der Waals surface area contributed by atoms with Crippen LogP contribution in [0.25, 0.3) is 68.4 Å². The van der Waals surface area contributed by atoms with E-state index in [1.807, 2.05) is 48.5 Å².